The molecule has 0 spiro atoms. The van der Waals surface area contributed by atoms with E-state index in [0.717, 1.165) is 69.1 Å². The number of hydrogen-bond donors (Lipinski definition) is 4. The maximum Gasteiger partial charge on any atom is 0.145 e. The molecule has 5 unspecified atom stereocenters. The van der Waals surface area contributed by atoms with Crippen molar-refractivity contribution in [1.82, 2.24) is 4.90 Å². The van der Waals surface area contributed by atoms with E-state index in [1.807, 2.05) is 0 Å². The Morgan fingerprint density at radius 3 is 1.62 bits per heavy atom. The molecule has 4 heterocycles. The van der Waals surface area contributed by atoms with Crippen molar-refractivity contribution in [2.75, 3.05) is 28.3 Å². The number of nitrogens with zero attached hydrogens (tertiary/aromatic N) is 2. The molecule has 6 heteroatoms. The van der Waals surface area contributed by atoms with Crippen molar-refractivity contribution in [2.45, 2.75) is 43.3 Å². The van der Waals surface area contributed by atoms with E-state index < -0.39 is 0 Å². The second kappa shape index (κ2) is 19.8. The zero-order valence-corrected chi connectivity index (χ0v) is 42.9. The van der Waals surface area contributed by atoms with Gasteiger partial charge in [0.05, 0.1) is 46.6 Å². The number of aliphatic imine (C=N–C) groups is 1. The van der Waals surface area contributed by atoms with Gasteiger partial charge >= 0.3 is 0 Å². The summed E-state index contributed by atoms with van der Waals surface area (Å²) in [6.45, 7) is 0. The Labute approximate surface area is 451 Å². The smallest absolute Gasteiger partial charge is 0.145 e. The molecule has 9 aromatic rings. The van der Waals surface area contributed by atoms with E-state index in [9.17, 15) is 0 Å². The molecule has 5 atom stereocenters. The number of nitrogens with one attached hydrogen (secondary N) is 4. The van der Waals surface area contributed by atoms with Gasteiger partial charge in [-0.15, -0.1) is 0 Å². The van der Waals surface area contributed by atoms with Crippen molar-refractivity contribution in [1.29, 1.82) is 0 Å². The zero-order chi connectivity index (χ0) is 51.2. The third-order valence-corrected chi connectivity index (χ3v) is 16.1. The van der Waals surface area contributed by atoms with Crippen LogP contribution in [0.25, 0.3) is 22.3 Å². The van der Waals surface area contributed by atoms with Crippen LogP contribution in [0.1, 0.15) is 104 Å². The van der Waals surface area contributed by atoms with Gasteiger partial charge in [-0.25, -0.2) is 0 Å². The van der Waals surface area contributed by atoms with Crippen LogP contribution in [-0.4, -0.2) is 17.7 Å². The molecular formula is C71H58N6. The van der Waals surface area contributed by atoms with Crippen molar-refractivity contribution in [3.8, 4) is 11.1 Å². The first-order valence-electron chi connectivity index (χ1n) is 27.1. The Morgan fingerprint density at radius 2 is 0.948 bits per heavy atom. The Morgan fingerprint density at radius 1 is 0.429 bits per heavy atom. The summed E-state index contributed by atoms with van der Waals surface area (Å²) in [7, 11) is 2.26. The van der Waals surface area contributed by atoms with Gasteiger partial charge in [-0.05, 0) is 117 Å². The lowest BCUT2D eigenvalue weighted by molar-refractivity contribution is 0.209. The number of rotatable bonds is 9. The maximum absolute atomic E-state index is 5.60. The molecule has 4 aliphatic heterocycles. The average Bonchev–Trinajstić information content (AvgIpc) is 3.54. The third-order valence-electron chi connectivity index (χ3n) is 16.1. The highest BCUT2D eigenvalue weighted by molar-refractivity contribution is 6.19. The first-order chi connectivity index (χ1) is 38.1. The summed E-state index contributed by atoms with van der Waals surface area (Å²) in [5.41, 5.74) is 24.6. The van der Waals surface area contributed by atoms with E-state index in [-0.39, 0.29) is 30.5 Å². The van der Waals surface area contributed by atoms with Gasteiger partial charge in [-0.2, -0.15) is 0 Å². The topological polar surface area (TPSA) is 63.7 Å². The lowest BCUT2D eigenvalue weighted by Gasteiger charge is -2.44. The van der Waals surface area contributed by atoms with E-state index in [1.165, 1.54) is 61.2 Å². The molecule has 0 saturated heterocycles. The van der Waals surface area contributed by atoms with Gasteiger partial charge in [-0.1, -0.05) is 224 Å². The molecule has 0 bridgehead atoms. The normalized spacial score (nSPS) is 20.1. The molecule has 4 N–H and O–H groups in total. The highest BCUT2D eigenvalue weighted by Gasteiger charge is 2.38. The zero-order valence-electron chi connectivity index (χ0n) is 42.9. The van der Waals surface area contributed by atoms with Crippen LogP contribution in [0.3, 0.4) is 0 Å². The molecule has 6 nitrogen and oxygen atoms in total. The molecule has 372 valence electrons. The minimum absolute atomic E-state index is 0.00249. The summed E-state index contributed by atoms with van der Waals surface area (Å²) < 4.78 is 0. The second-order valence-corrected chi connectivity index (χ2v) is 20.8. The number of hydrogen-bond acceptors (Lipinski definition) is 6. The summed E-state index contributed by atoms with van der Waals surface area (Å²) in [5.74, 6) is 0. The summed E-state index contributed by atoms with van der Waals surface area (Å²) in [4.78, 5) is 8.09. The van der Waals surface area contributed by atoms with E-state index in [2.05, 4.69) is 288 Å². The summed E-state index contributed by atoms with van der Waals surface area (Å²) >= 11 is 0. The van der Waals surface area contributed by atoms with Crippen LogP contribution < -0.4 is 21.3 Å². The van der Waals surface area contributed by atoms with Gasteiger partial charge in [0.15, 0.2) is 0 Å². The SMILES string of the molecule is CN1C(c2ccccc2)Nc2c(ccc3c2NC(c2ccccc2)C=C3c2ccccc2)C1c1cccc(-c2cccc(C3=NC(c4ccccc4)Nc4c3ccc3c4NC(c4ccccc4)C=C3C3=CC=CCC3)c2)c1. The molecular weight excluding hydrogens is 937 g/mol. The van der Waals surface area contributed by atoms with Crippen molar-refractivity contribution < 1.29 is 0 Å². The monoisotopic (exact) mass is 994 g/mol. The van der Waals surface area contributed by atoms with Crippen LogP contribution in [0.5, 0.6) is 0 Å². The molecule has 0 radical (unpaired) electrons. The van der Waals surface area contributed by atoms with Crippen molar-refractivity contribution in [3.05, 3.63) is 322 Å². The van der Waals surface area contributed by atoms with Gasteiger partial charge in [-0.3, -0.25) is 9.89 Å². The van der Waals surface area contributed by atoms with Gasteiger partial charge in [0.2, 0.25) is 0 Å². The van der Waals surface area contributed by atoms with Crippen molar-refractivity contribution in [3.63, 3.8) is 0 Å². The summed E-state index contributed by atoms with van der Waals surface area (Å²) in [6, 6.07) is 81.3. The second-order valence-electron chi connectivity index (χ2n) is 20.8. The van der Waals surface area contributed by atoms with E-state index in [1.54, 1.807) is 0 Å². The van der Waals surface area contributed by atoms with E-state index in [0.29, 0.717) is 0 Å². The van der Waals surface area contributed by atoms with E-state index >= 15 is 0 Å². The first kappa shape index (κ1) is 46.3. The fourth-order valence-corrected chi connectivity index (χ4v) is 12.4. The van der Waals surface area contributed by atoms with Crippen LogP contribution in [0.2, 0.25) is 0 Å². The fraction of sp³-hybridized carbons (Fsp3) is 0.113. The number of anilines is 4. The lowest BCUT2D eigenvalue weighted by Crippen LogP contribution is -2.39. The summed E-state index contributed by atoms with van der Waals surface area (Å²) in [6.07, 6.45) is 13.2. The molecule has 0 aromatic heterocycles. The molecule has 5 aliphatic rings. The molecule has 0 amide bonds. The Hall–Kier alpha value is -9.23. The average molecular weight is 995 g/mol. The fourth-order valence-electron chi connectivity index (χ4n) is 12.4. The van der Waals surface area contributed by atoms with Gasteiger partial charge in [0, 0.05) is 22.3 Å². The molecule has 0 saturated carbocycles. The third kappa shape index (κ3) is 8.57. The van der Waals surface area contributed by atoms with Crippen molar-refractivity contribution in [2.24, 2.45) is 4.99 Å². The number of allylic oxidation sites excluding steroid dienone is 5. The van der Waals surface area contributed by atoms with Crippen LogP contribution in [0, 0.1) is 0 Å². The minimum Gasteiger partial charge on any atom is -0.373 e. The minimum atomic E-state index is -0.295. The molecule has 1 aliphatic carbocycles. The number of fused-ring (bicyclic) bond motifs is 6. The Kier molecular flexibility index (Phi) is 11.9. The first-order valence-corrected chi connectivity index (χ1v) is 27.1. The highest BCUT2D eigenvalue weighted by atomic mass is 15.3. The molecule has 9 aromatic carbocycles. The van der Waals surface area contributed by atoms with Gasteiger partial charge in [0.25, 0.3) is 0 Å². The molecule has 77 heavy (non-hydrogen) atoms. The lowest BCUT2D eigenvalue weighted by atomic mass is 9.83. The van der Waals surface area contributed by atoms with Crippen LogP contribution >= 0.6 is 0 Å². The van der Waals surface area contributed by atoms with Gasteiger partial charge < -0.3 is 21.3 Å². The molecule has 14 rings (SSSR count). The number of benzene rings is 9. The predicted molar refractivity (Wildman–Crippen MR) is 319 cm³/mol. The largest absolute Gasteiger partial charge is 0.373 e. The van der Waals surface area contributed by atoms with Crippen LogP contribution in [0.4, 0.5) is 22.7 Å². The quantitative estimate of drug-likeness (QED) is 0.116. The molecule has 0 fully saturated rings. The Bertz CT molecular complexity index is 3840. The van der Waals surface area contributed by atoms with E-state index in [4.69, 9.17) is 4.99 Å². The summed E-state index contributed by atoms with van der Waals surface area (Å²) in [5, 5.41) is 16.2. The maximum atomic E-state index is 5.60. The standard InChI is InChI=1S/C71H58N6/c1-77-69(59-41-39-57-61(47-24-10-3-11-25-47)45-63(49-28-14-5-15-29-49)73-66(57)68(59)76-71(77)51-32-18-7-19-33-51)55-37-21-35-53(43-55)52-34-20-36-54(42-52)64-58-40-38-56-60(46-22-8-2-9-23-46)44-62(48-26-12-4-13-27-48)72-65(56)67(58)75-70(74-64)50-30-16-6-17-31-50/h2-8,10-22,24-45,62-63,69-73,75-76H,9,23H2,1H3. The van der Waals surface area contributed by atoms with Crippen molar-refractivity contribution >= 4 is 39.6 Å². The van der Waals surface area contributed by atoms with Gasteiger partial charge in [0.1, 0.15) is 12.3 Å². The van der Waals surface area contributed by atoms with Crippen LogP contribution in [-0.2, 0) is 0 Å². The predicted octanol–water partition coefficient (Wildman–Crippen LogP) is 16.9. The highest BCUT2D eigenvalue weighted by Crippen LogP contribution is 2.52. The van der Waals surface area contributed by atoms with Crippen LogP contribution in [0.15, 0.2) is 265 Å². The Balaban J connectivity index is 0.875.